The van der Waals surface area contributed by atoms with Gasteiger partial charge in [-0.25, -0.2) is 0 Å². The van der Waals surface area contributed by atoms with Gasteiger partial charge in [0.25, 0.3) is 0 Å². The van der Waals surface area contributed by atoms with Crippen molar-refractivity contribution in [3.63, 3.8) is 0 Å². The van der Waals surface area contributed by atoms with E-state index in [2.05, 4.69) is 5.32 Å². The van der Waals surface area contributed by atoms with Crippen LogP contribution >= 0.6 is 0 Å². The van der Waals surface area contributed by atoms with Gasteiger partial charge in [0.15, 0.2) is 0 Å². The topological polar surface area (TPSA) is 76.8 Å². The summed E-state index contributed by atoms with van der Waals surface area (Å²) >= 11 is 0. The number of carbonyl (C=O) groups is 1. The monoisotopic (exact) mass is 335 g/mol. The van der Waals surface area contributed by atoms with Crippen LogP contribution in [0.5, 0.6) is 11.5 Å². The lowest BCUT2D eigenvalue weighted by Gasteiger charge is -2.33. The highest BCUT2D eigenvalue weighted by molar-refractivity contribution is 5.76. The van der Waals surface area contributed by atoms with Crippen LogP contribution in [0.1, 0.15) is 32.6 Å². The maximum absolute atomic E-state index is 12.2. The minimum Gasteiger partial charge on any atom is -0.497 e. The summed E-state index contributed by atoms with van der Waals surface area (Å²) < 4.78 is 10.6. The summed E-state index contributed by atoms with van der Waals surface area (Å²) in [6.07, 6.45) is 3.16. The molecule has 0 bridgehead atoms. The van der Waals surface area contributed by atoms with E-state index in [9.17, 15) is 4.79 Å². The van der Waals surface area contributed by atoms with Gasteiger partial charge in [0.05, 0.1) is 14.2 Å². The molecule has 134 valence electrons. The summed E-state index contributed by atoms with van der Waals surface area (Å²) in [6, 6.07) is 6.20. The molecule has 1 aliphatic heterocycles. The summed E-state index contributed by atoms with van der Waals surface area (Å²) in [5.41, 5.74) is 6.70. The van der Waals surface area contributed by atoms with Crippen LogP contribution in [0, 0.1) is 0 Å². The minimum atomic E-state index is 0.0798. The van der Waals surface area contributed by atoms with Crippen molar-refractivity contribution in [3.05, 3.63) is 18.2 Å². The number of nitrogens with two attached hydrogens (primary N) is 1. The standard InChI is InChI=1S/C18H29N3O3/c1-13(19)4-5-18(22)21-8-6-14(7-9-21)20-15-10-16(23-2)12-17(11-15)24-3/h10-14,20H,4-9,19H2,1-3H3. The lowest BCUT2D eigenvalue weighted by Crippen LogP contribution is -2.42. The first-order valence-corrected chi connectivity index (χ1v) is 8.54. The van der Waals surface area contributed by atoms with Gasteiger partial charge in [-0.3, -0.25) is 4.79 Å². The fourth-order valence-electron chi connectivity index (χ4n) is 2.91. The van der Waals surface area contributed by atoms with Gasteiger partial charge in [-0.2, -0.15) is 0 Å². The summed E-state index contributed by atoms with van der Waals surface area (Å²) in [5, 5.41) is 3.52. The first kappa shape index (κ1) is 18.4. The Morgan fingerprint density at radius 1 is 1.25 bits per heavy atom. The van der Waals surface area contributed by atoms with Crippen LogP contribution in [-0.4, -0.2) is 50.2 Å². The van der Waals surface area contributed by atoms with Gasteiger partial charge in [0.1, 0.15) is 11.5 Å². The molecule has 24 heavy (non-hydrogen) atoms. The molecule has 1 amide bonds. The number of likely N-dealkylation sites (tertiary alicyclic amines) is 1. The number of amides is 1. The highest BCUT2D eigenvalue weighted by atomic mass is 16.5. The lowest BCUT2D eigenvalue weighted by atomic mass is 10.0. The van der Waals surface area contributed by atoms with Gasteiger partial charge in [-0.05, 0) is 26.2 Å². The lowest BCUT2D eigenvalue weighted by molar-refractivity contribution is -0.132. The molecule has 1 unspecified atom stereocenters. The van der Waals surface area contributed by atoms with Crippen LogP contribution < -0.4 is 20.5 Å². The van der Waals surface area contributed by atoms with Crippen LogP contribution in [0.2, 0.25) is 0 Å². The third-order valence-electron chi connectivity index (χ3n) is 4.38. The third kappa shape index (κ3) is 5.30. The number of nitrogens with one attached hydrogen (secondary N) is 1. The normalized spacial score (nSPS) is 16.6. The molecule has 0 aromatic heterocycles. The van der Waals surface area contributed by atoms with Gasteiger partial charge < -0.3 is 25.4 Å². The Hall–Kier alpha value is -1.95. The average Bonchev–Trinajstić information content (AvgIpc) is 2.59. The van der Waals surface area contributed by atoms with Crippen molar-refractivity contribution in [2.24, 2.45) is 5.73 Å². The summed E-state index contributed by atoms with van der Waals surface area (Å²) in [5.74, 6) is 1.74. The number of carbonyl (C=O) groups excluding carboxylic acids is 1. The molecule has 0 radical (unpaired) electrons. The molecule has 2 rings (SSSR count). The van der Waals surface area contributed by atoms with Crippen molar-refractivity contribution in [1.29, 1.82) is 0 Å². The fourth-order valence-corrected chi connectivity index (χ4v) is 2.91. The average molecular weight is 335 g/mol. The van der Waals surface area contributed by atoms with E-state index in [4.69, 9.17) is 15.2 Å². The Balaban J connectivity index is 1.86. The highest BCUT2D eigenvalue weighted by Crippen LogP contribution is 2.27. The first-order chi connectivity index (χ1) is 11.5. The fraction of sp³-hybridized carbons (Fsp3) is 0.611. The summed E-state index contributed by atoms with van der Waals surface area (Å²) in [6.45, 7) is 3.51. The van der Waals surface area contributed by atoms with E-state index in [0.29, 0.717) is 12.5 Å². The smallest absolute Gasteiger partial charge is 0.222 e. The van der Waals surface area contributed by atoms with Crippen molar-refractivity contribution < 1.29 is 14.3 Å². The van der Waals surface area contributed by atoms with Crippen LogP contribution in [-0.2, 0) is 4.79 Å². The summed E-state index contributed by atoms with van der Waals surface area (Å²) in [7, 11) is 3.29. The van der Waals surface area contributed by atoms with Gasteiger partial charge in [0.2, 0.25) is 5.91 Å². The molecule has 1 aromatic rings. The number of rotatable bonds is 7. The Bertz CT molecular complexity index is 518. The number of piperidine rings is 1. The van der Waals surface area contributed by atoms with Crippen molar-refractivity contribution >= 4 is 11.6 Å². The number of hydrogen-bond acceptors (Lipinski definition) is 5. The number of hydrogen-bond donors (Lipinski definition) is 2. The van der Waals surface area contributed by atoms with Gasteiger partial charge in [-0.1, -0.05) is 0 Å². The third-order valence-corrected chi connectivity index (χ3v) is 4.38. The zero-order valence-corrected chi connectivity index (χ0v) is 14.9. The molecule has 0 saturated carbocycles. The van der Waals surface area contributed by atoms with Crippen molar-refractivity contribution in [1.82, 2.24) is 4.90 Å². The minimum absolute atomic E-state index is 0.0798. The van der Waals surface area contributed by atoms with E-state index in [1.165, 1.54) is 0 Å². The molecule has 0 aliphatic carbocycles. The molecule has 1 fully saturated rings. The number of ether oxygens (including phenoxy) is 2. The van der Waals surface area contributed by atoms with Crippen LogP contribution in [0.3, 0.4) is 0 Å². The maximum Gasteiger partial charge on any atom is 0.222 e. The second-order valence-electron chi connectivity index (χ2n) is 6.42. The van der Waals surface area contributed by atoms with Crippen molar-refractivity contribution in [2.75, 3.05) is 32.6 Å². The van der Waals surface area contributed by atoms with Crippen molar-refractivity contribution in [2.45, 2.75) is 44.7 Å². The Kier molecular flexibility index (Phi) is 6.73. The second kappa shape index (κ2) is 8.78. The summed E-state index contributed by atoms with van der Waals surface area (Å²) in [4.78, 5) is 14.1. The maximum atomic E-state index is 12.2. The Labute approximate surface area is 144 Å². The van der Waals surface area contributed by atoms with Gasteiger partial charge in [0, 0.05) is 55.5 Å². The van der Waals surface area contributed by atoms with E-state index >= 15 is 0 Å². The zero-order valence-electron chi connectivity index (χ0n) is 14.9. The molecular formula is C18H29N3O3. The van der Waals surface area contributed by atoms with Gasteiger partial charge >= 0.3 is 0 Å². The molecular weight excluding hydrogens is 306 g/mol. The van der Waals surface area contributed by atoms with E-state index in [-0.39, 0.29) is 11.9 Å². The number of methoxy groups -OCH3 is 2. The van der Waals surface area contributed by atoms with E-state index < -0.39 is 0 Å². The van der Waals surface area contributed by atoms with Crippen LogP contribution in [0.15, 0.2) is 18.2 Å². The van der Waals surface area contributed by atoms with Gasteiger partial charge in [-0.15, -0.1) is 0 Å². The predicted molar refractivity (Wildman–Crippen MR) is 95.7 cm³/mol. The van der Waals surface area contributed by atoms with Crippen LogP contribution in [0.25, 0.3) is 0 Å². The van der Waals surface area contributed by atoms with Crippen LogP contribution in [0.4, 0.5) is 5.69 Å². The molecule has 3 N–H and O–H groups in total. The van der Waals surface area contributed by atoms with E-state index in [0.717, 1.165) is 49.5 Å². The highest BCUT2D eigenvalue weighted by Gasteiger charge is 2.22. The number of benzene rings is 1. The van der Waals surface area contributed by atoms with Crippen molar-refractivity contribution in [3.8, 4) is 11.5 Å². The quantitative estimate of drug-likeness (QED) is 0.799. The molecule has 1 saturated heterocycles. The molecule has 6 heteroatoms. The zero-order chi connectivity index (χ0) is 17.5. The molecule has 1 aliphatic rings. The Morgan fingerprint density at radius 3 is 2.33 bits per heavy atom. The SMILES string of the molecule is COc1cc(NC2CCN(C(=O)CCC(C)N)CC2)cc(OC)c1. The molecule has 1 heterocycles. The predicted octanol–water partition coefficient (Wildman–Crippen LogP) is 2.23. The largest absolute Gasteiger partial charge is 0.497 e. The first-order valence-electron chi connectivity index (χ1n) is 8.54. The van der Waals surface area contributed by atoms with E-state index in [1.807, 2.05) is 30.0 Å². The number of nitrogens with zero attached hydrogens (tertiary/aromatic N) is 1. The number of anilines is 1. The molecule has 1 atom stereocenters. The van der Waals surface area contributed by atoms with E-state index in [1.54, 1.807) is 14.2 Å². The molecule has 1 aromatic carbocycles. The Morgan fingerprint density at radius 2 is 1.83 bits per heavy atom. The molecule has 0 spiro atoms. The second-order valence-corrected chi connectivity index (χ2v) is 6.42. The molecule has 6 nitrogen and oxygen atoms in total.